The fourth-order valence-electron chi connectivity index (χ4n) is 1.77. The molecule has 0 unspecified atom stereocenters. The Bertz CT molecular complexity index is 857. The third kappa shape index (κ3) is 5.68. The number of aromatic amines is 1. The van der Waals surface area contributed by atoms with Crippen LogP contribution in [0, 0.1) is 11.6 Å². The van der Waals surface area contributed by atoms with Crippen molar-refractivity contribution in [3.05, 3.63) is 51.9 Å². The summed E-state index contributed by atoms with van der Waals surface area (Å²) in [4.78, 5) is 41.0. The molecule has 1 heterocycles. The van der Waals surface area contributed by atoms with E-state index in [9.17, 15) is 23.2 Å². The van der Waals surface area contributed by atoms with Gasteiger partial charge in [0, 0.05) is 12.1 Å². The minimum absolute atomic E-state index is 0.126. The molecule has 0 radical (unpaired) electrons. The molecule has 1 aromatic heterocycles. The molecule has 0 saturated carbocycles. The number of nitrogens with zero attached hydrogens (tertiary/aromatic N) is 1. The summed E-state index contributed by atoms with van der Waals surface area (Å²) >= 11 is 0.892. The molecule has 2 aromatic rings. The molecule has 0 aliphatic carbocycles. The number of nitrogens with one attached hydrogen (secondary N) is 2. The topological polar surface area (TPSA) is 101 Å². The molecular weight excluding hydrogens is 356 g/mol. The number of thioether (sulfide) groups is 1. The second kappa shape index (κ2) is 8.38. The molecule has 2 N–H and O–H groups in total. The molecule has 0 atom stereocenters. The molecule has 0 saturated heterocycles. The van der Waals surface area contributed by atoms with Crippen LogP contribution in [0.25, 0.3) is 0 Å². The number of carbonyl (C=O) groups is 2. The van der Waals surface area contributed by atoms with Crippen LogP contribution in [0.1, 0.15) is 5.69 Å². The van der Waals surface area contributed by atoms with Gasteiger partial charge in [-0.3, -0.25) is 14.4 Å². The number of H-pyrrole nitrogens is 1. The first kappa shape index (κ1) is 18.6. The number of rotatable bonds is 6. The van der Waals surface area contributed by atoms with Gasteiger partial charge in [-0.1, -0.05) is 11.8 Å². The molecule has 0 bridgehead atoms. The zero-order chi connectivity index (χ0) is 18.4. The summed E-state index contributed by atoms with van der Waals surface area (Å²) in [6, 6.07) is 3.92. The number of ether oxygens (including phenoxy) is 1. The lowest BCUT2D eigenvalue weighted by Gasteiger charge is -2.06. The Morgan fingerprint density at radius 2 is 2.08 bits per heavy atom. The van der Waals surface area contributed by atoms with Gasteiger partial charge in [0.2, 0.25) is 5.91 Å². The predicted molar refractivity (Wildman–Crippen MR) is 86.3 cm³/mol. The van der Waals surface area contributed by atoms with Crippen LogP contribution < -0.4 is 10.9 Å². The maximum Gasteiger partial charge on any atom is 0.311 e. The van der Waals surface area contributed by atoms with Crippen molar-refractivity contribution < 1.29 is 23.1 Å². The van der Waals surface area contributed by atoms with Crippen molar-refractivity contribution in [1.82, 2.24) is 9.97 Å². The molecule has 1 aromatic carbocycles. The highest BCUT2D eigenvalue weighted by Crippen LogP contribution is 2.17. The van der Waals surface area contributed by atoms with E-state index in [4.69, 9.17) is 0 Å². The molecule has 0 aliphatic heterocycles. The summed E-state index contributed by atoms with van der Waals surface area (Å²) in [6.07, 6.45) is -0.180. The van der Waals surface area contributed by atoms with Gasteiger partial charge in [-0.2, -0.15) is 0 Å². The second-order valence-electron chi connectivity index (χ2n) is 4.76. The smallest absolute Gasteiger partial charge is 0.311 e. The molecule has 10 heteroatoms. The molecule has 25 heavy (non-hydrogen) atoms. The van der Waals surface area contributed by atoms with Crippen molar-refractivity contribution in [2.24, 2.45) is 0 Å². The van der Waals surface area contributed by atoms with Crippen molar-refractivity contribution >= 4 is 29.3 Å². The zero-order valence-electron chi connectivity index (χ0n) is 13.0. The number of esters is 1. The van der Waals surface area contributed by atoms with E-state index in [0.717, 1.165) is 30.0 Å². The van der Waals surface area contributed by atoms with Crippen LogP contribution in [0.2, 0.25) is 0 Å². The van der Waals surface area contributed by atoms with Crippen LogP contribution in [0.3, 0.4) is 0 Å². The first-order valence-corrected chi connectivity index (χ1v) is 7.90. The number of anilines is 1. The average molecular weight is 369 g/mol. The number of amides is 1. The van der Waals surface area contributed by atoms with Crippen LogP contribution in [-0.4, -0.2) is 34.7 Å². The lowest BCUT2D eigenvalue weighted by Crippen LogP contribution is -2.17. The maximum atomic E-state index is 13.5. The van der Waals surface area contributed by atoms with Crippen molar-refractivity contribution in [3.8, 4) is 0 Å². The third-order valence-electron chi connectivity index (χ3n) is 2.87. The third-order valence-corrected chi connectivity index (χ3v) is 3.74. The summed E-state index contributed by atoms with van der Waals surface area (Å²) < 4.78 is 30.8. The van der Waals surface area contributed by atoms with Crippen molar-refractivity contribution in [3.63, 3.8) is 0 Å². The van der Waals surface area contributed by atoms with Crippen LogP contribution in [0.15, 0.2) is 34.2 Å². The normalized spacial score (nSPS) is 10.4. The summed E-state index contributed by atoms with van der Waals surface area (Å²) in [5, 5.41) is 2.41. The first-order valence-electron chi connectivity index (χ1n) is 6.92. The van der Waals surface area contributed by atoms with Crippen LogP contribution >= 0.6 is 11.8 Å². The van der Waals surface area contributed by atoms with Crippen LogP contribution in [0.5, 0.6) is 0 Å². The monoisotopic (exact) mass is 369 g/mol. The van der Waals surface area contributed by atoms with E-state index in [0.29, 0.717) is 6.07 Å². The molecule has 0 spiro atoms. The van der Waals surface area contributed by atoms with Crippen LogP contribution in [-0.2, 0) is 20.7 Å². The van der Waals surface area contributed by atoms with Gasteiger partial charge in [0.1, 0.15) is 11.6 Å². The van der Waals surface area contributed by atoms with Gasteiger partial charge in [-0.15, -0.1) is 0 Å². The van der Waals surface area contributed by atoms with E-state index in [1.807, 2.05) is 0 Å². The van der Waals surface area contributed by atoms with Gasteiger partial charge in [0.15, 0.2) is 5.16 Å². The van der Waals surface area contributed by atoms with Crippen molar-refractivity contribution in [1.29, 1.82) is 0 Å². The standard InChI is InChI=1S/C15H13F2N3O4S/c1-24-14(23)6-9-5-12(21)20-15(18-9)25-7-13(22)19-11-3-2-8(16)4-10(11)17/h2-5H,6-7H2,1H3,(H,19,22)(H,18,20,21). The van der Waals surface area contributed by atoms with Gasteiger partial charge >= 0.3 is 5.97 Å². The summed E-state index contributed by atoms with van der Waals surface area (Å²) in [5.74, 6) is -2.96. The van der Waals surface area contributed by atoms with Crippen molar-refractivity contribution in [2.45, 2.75) is 11.6 Å². The Hall–Kier alpha value is -2.75. The Labute approximate surface area is 144 Å². The zero-order valence-corrected chi connectivity index (χ0v) is 13.8. The summed E-state index contributed by atoms with van der Waals surface area (Å²) in [5.41, 5.74) is -0.447. The number of hydrogen-bond donors (Lipinski definition) is 2. The van der Waals surface area contributed by atoms with Crippen LogP contribution in [0.4, 0.5) is 14.5 Å². The van der Waals surface area contributed by atoms with Gasteiger partial charge in [-0.05, 0) is 12.1 Å². The molecular formula is C15H13F2N3O4S. The first-order chi connectivity index (χ1) is 11.9. The molecule has 0 aliphatic rings. The van der Waals surface area contributed by atoms with Gasteiger partial charge in [0.25, 0.3) is 5.56 Å². The van der Waals surface area contributed by atoms with E-state index in [1.54, 1.807) is 0 Å². The fourth-order valence-corrected chi connectivity index (χ4v) is 2.47. The van der Waals surface area contributed by atoms with Gasteiger partial charge < -0.3 is 15.0 Å². The van der Waals surface area contributed by atoms with E-state index in [1.165, 1.54) is 7.11 Å². The number of methoxy groups -OCH3 is 1. The predicted octanol–water partition coefficient (Wildman–Crippen LogP) is 1.49. The second-order valence-corrected chi connectivity index (χ2v) is 5.72. The Morgan fingerprint density at radius 3 is 2.76 bits per heavy atom. The van der Waals surface area contributed by atoms with Gasteiger partial charge in [0.05, 0.1) is 30.7 Å². The Kier molecular flexibility index (Phi) is 6.23. The molecule has 1 amide bonds. The summed E-state index contributed by atoms with van der Waals surface area (Å²) in [6.45, 7) is 0. The van der Waals surface area contributed by atoms with E-state index < -0.39 is 29.1 Å². The lowest BCUT2D eigenvalue weighted by atomic mass is 10.3. The summed E-state index contributed by atoms with van der Waals surface area (Å²) in [7, 11) is 1.21. The SMILES string of the molecule is COC(=O)Cc1cc(=O)[nH]c(SCC(=O)Nc2ccc(F)cc2F)n1. The number of hydrogen-bond acceptors (Lipinski definition) is 6. The molecule has 2 rings (SSSR count). The highest BCUT2D eigenvalue weighted by molar-refractivity contribution is 7.99. The number of halogens is 2. The molecule has 0 fully saturated rings. The molecule has 7 nitrogen and oxygen atoms in total. The fraction of sp³-hybridized carbons (Fsp3) is 0.200. The Balaban J connectivity index is 1.99. The maximum absolute atomic E-state index is 13.5. The minimum Gasteiger partial charge on any atom is -0.469 e. The quantitative estimate of drug-likeness (QED) is 0.455. The number of benzene rings is 1. The lowest BCUT2D eigenvalue weighted by molar-refractivity contribution is -0.139. The highest BCUT2D eigenvalue weighted by atomic mass is 32.2. The average Bonchev–Trinajstić information content (AvgIpc) is 2.55. The Morgan fingerprint density at radius 1 is 1.32 bits per heavy atom. The molecule has 132 valence electrons. The minimum atomic E-state index is -0.898. The van der Waals surface area contributed by atoms with Gasteiger partial charge in [-0.25, -0.2) is 13.8 Å². The highest BCUT2D eigenvalue weighted by Gasteiger charge is 2.11. The largest absolute Gasteiger partial charge is 0.469 e. The number of aromatic nitrogens is 2. The number of carbonyl (C=O) groups excluding carboxylic acids is 2. The van der Waals surface area contributed by atoms with E-state index in [-0.39, 0.29) is 28.7 Å². The van der Waals surface area contributed by atoms with E-state index in [2.05, 4.69) is 20.0 Å². The van der Waals surface area contributed by atoms with Crippen molar-refractivity contribution in [2.75, 3.05) is 18.2 Å². The van der Waals surface area contributed by atoms with E-state index >= 15 is 0 Å².